The Morgan fingerprint density at radius 2 is 0.884 bits per heavy atom. The molecule has 0 aliphatic heterocycles. The quantitative estimate of drug-likeness (QED) is 0.133. The number of rotatable bonds is 8. The third kappa shape index (κ3) is 10.9. The number of aliphatic imine (C=N–C) groups is 2. The number of benzene rings is 3. The summed E-state index contributed by atoms with van der Waals surface area (Å²) in [6.45, 7) is 22.1. The maximum atomic E-state index is 10.4. The van der Waals surface area contributed by atoms with Crippen molar-refractivity contribution in [3.05, 3.63) is 94.0 Å². The number of para-hydroxylation sites is 2. The van der Waals surface area contributed by atoms with Gasteiger partial charge in [-0.05, 0) is 71.2 Å². The van der Waals surface area contributed by atoms with E-state index in [1.807, 2.05) is 0 Å². The second-order valence-electron chi connectivity index (χ2n) is 11.7. The third-order valence-electron chi connectivity index (χ3n) is 6.93. The molecule has 0 heterocycles. The minimum Gasteiger partial charge on any atom is -0.533 e. The molecule has 3 aromatic rings. The molecule has 0 saturated carbocycles. The standard InChI is InChI=1S/C34H43N2.C2F3O.Rh/c1-21(2)29-16-12-17-30(22(3)4)33(29)35-25(9)27-14-11-15-28(20-27)26(10)36-34-31(23(5)6)18-13-19-32(34)24(7)8;3-2(4,5)1-6;/h11-19,21-24H,1-10H3;;/q2*-1;+2. The maximum Gasteiger partial charge on any atom is 2.00 e. The third-order valence-corrected chi connectivity index (χ3v) is 6.93. The molecule has 0 N–H and O–H groups in total. The van der Waals surface area contributed by atoms with Crippen molar-refractivity contribution in [3.8, 4) is 0 Å². The molecule has 0 aromatic heterocycles. The number of halogens is 3. The van der Waals surface area contributed by atoms with E-state index in [1.54, 1.807) is 0 Å². The van der Waals surface area contributed by atoms with E-state index in [2.05, 4.69) is 130 Å². The summed E-state index contributed by atoms with van der Waals surface area (Å²) in [6.07, 6.45) is -4.91. The molecule has 0 amide bonds. The van der Waals surface area contributed by atoms with Crippen molar-refractivity contribution in [2.45, 2.75) is 99.1 Å². The summed E-state index contributed by atoms with van der Waals surface area (Å²) in [5, 5.41) is 0. The summed E-state index contributed by atoms with van der Waals surface area (Å²) in [7, 11) is 0. The van der Waals surface area contributed by atoms with Crippen LogP contribution in [0, 0.1) is 6.07 Å². The average molecular weight is 680 g/mol. The van der Waals surface area contributed by atoms with Gasteiger partial charge in [-0.15, -0.1) is 35.4 Å². The van der Waals surface area contributed by atoms with Gasteiger partial charge in [-0.1, -0.05) is 91.8 Å². The summed E-state index contributed by atoms with van der Waals surface area (Å²) in [5.74, 6) is 1.65. The van der Waals surface area contributed by atoms with Gasteiger partial charge < -0.3 is 4.79 Å². The van der Waals surface area contributed by atoms with Crippen LogP contribution in [0.2, 0.25) is 0 Å². The summed E-state index contributed by atoms with van der Waals surface area (Å²) in [4.78, 5) is 18.9. The van der Waals surface area contributed by atoms with Gasteiger partial charge in [-0.25, -0.2) is 13.2 Å². The minimum atomic E-state index is -4.76. The normalized spacial score (nSPS) is 12.4. The molecule has 0 bridgehead atoms. The van der Waals surface area contributed by atoms with Gasteiger partial charge in [0.25, 0.3) is 6.18 Å². The van der Waals surface area contributed by atoms with Crippen molar-refractivity contribution in [1.29, 1.82) is 0 Å². The predicted molar refractivity (Wildman–Crippen MR) is 170 cm³/mol. The molecule has 43 heavy (non-hydrogen) atoms. The van der Waals surface area contributed by atoms with E-state index in [0.717, 1.165) is 33.9 Å². The number of alkyl halides is 3. The second-order valence-corrected chi connectivity index (χ2v) is 11.7. The molecule has 233 valence electrons. The fourth-order valence-electron chi connectivity index (χ4n) is 4.63. The van der Waals surface area contributed by atoms with E-state index >= 15 is 0 Å². The van der Waals surface area contributed by atoms with Gasteiger partial charge in [0, 0.05) is 0 Å². The Labute approximate surface area is 268 Å². The Balaban J connectivity index is 0.00000120. The van der Waals surface area contributed by atoms with E-state index in [1.165, 1.54) is 22.3 Å². The van der Waals surface area contributed by atoms with Gasteiger partial charge in [0.1, 0.15) is 0 Å². The Morgan fingerprint density at radius 1 is 0.628 bits per heavy atom. The van der Waals surface area contributed by atoms with Crippen molar-refractivity contribution in [2.75, 3.05) is 0 Å². The van der Waals surface area contributed by atoms with E-state index in [4.69, 9.17) is 14.8 Å². The number of carbonyl (C=O) groups excluding carboxylic acids is 1. The number of nitrogens with zero attached hydrogens (tertiary/aromatic N) is 2. The van der Waals surface area contributed by atoms with Gasteiger partial charge in [0.2, 0.25) is 0 Å². The van der Waals surface area contributed by atoms with E-state index in [9.17, 15) is 13.2 Å². The van der Waals surface area contributed by atoms with Crippen LogP contribution in [-0.2, 0) is 24.3 Å². The minimum absolute atomic E-state index is 0. The van der Waals surface area contributed by atoms with Crippen LogP contribution < -0.4 is 0 Å². The van der Waals surface area contributed by atoms with Crippen LogP contribution in [0.3, 0.4) is 0 Å². The molecule has 1 radical (unpaired) electrons. The summed E-state index contributed by atoms with van der Waals surface area (Å²) in [5.41, 5.74) is 11.4. The largest absolute Gasteiger partial charge is 2.00 e. The molecule has 0 spiro atoms. The fourth-order valence-corrected chi connectivity index (χ4v) is 4.63. The van der Waals surface area contributed by atoms with Gasteiger partial charge in [0.05, 0.1) is 11.4 Å². The first kappa shape index (κ1) is 38.1. The van der Waals surface area contributed by atoms with Gasteiger partial charge in [-0.3, -0.25) is 9.98 Å². The van der Waals surface area contributed by atoms with Crippen LogP contribution >= 0.6 is 0 Å². The zero-order valence-corrected chi connectivity index (χ0v) is 28.4. The summed E-state index contributed by atoms with van der Waals surface area (Å²) in [6, 6.07) is 23.1. The van der Waals surface area contributed by atoms with Crippen molar-refractivity contribution < 1.29 is 37.4 Å². The Bertz CT molecular complexity index is 1270. The van der Waals surface area contributed by atoms with Crippen molar-refractivity contribution in [1.82, 2.24) is 0 Å². The van der Waals surface area contributed by atoms with E-state index in [0.29, 0.717) is 23.7 Å². The molecule has 3 aromatic carbocycles. The van der Waals surface area contributed by atoms with E-state index < -0.39 is 6.18 Å². The van der Waals surface area contributed by atoms with Crippen molar-refractivity contribution in [3.63, 3.8) is 0 Å². The van der Waals surface area contributed by atoms with Crippen LogP contribution in [0.15, 0.2) is 64.6 Å². The van der Waals surface area contributed by atoms with Crippen molar-refractivity contribution >= 4 is 29.1 Å². The molecule has 3 nitrogen and oxygen atoms in total. The first-order valence-corrected chi connectivity index (χ1v) is 14.4. The van der Waals surface area contributed by atoms with Crippen LogP contribution in [0.1, 0.15) is 126 Å². The van der Waals surface area contributed by atoms with Crippen LogP contribution in [0.25, 0.3) is 0 Å². The monoisotopic (exact) mass is 679 g/mol. The Hall–Kier alpha value is -2.92. The Morgan fingerprint density at radius 3 is 1.12 bits per heavy atom. The van der Waals surface area contributed by atoms with Crippen molar-refractivity contribution in [2.24, 2.45) is 9.98 Å². The molecule has 0 aliphatic rings. The molecule has 0 atom stereocenters. The Kier molecular flexibility index (Phi) is 14.9. The first-order chi connectivity index (χ1) is 19.6. The van der Waals surface area contributed by atoms with Gasteiger partial charge in [0.15, 0.2) is 0 Å². The topological polar surface area (TPSA) is 41.8 Å². The predicted octanol–water partition coefficient (Wildman–Crippen LogP) is 10.9. The summed E-state index contributed by atoms with van der Waals surface area (Å²) < 4.78 is 31.1. The number of hydrogen-bond acceptors (Lipinski definition) is 3. The van der Waals surface area contributed by atoms with Gasteiger partial charge >= 0.3 is 19.5 Å². The van der Waals surface area contributed by atoms with Crippen LogP contribution in [-0.4, -0.2) is 23.9 Å². The molecule has 0 unspecified atom stereocenters. The van der Waals surface area contributed by atoms with Gasteiger partial charge in [-0.2, -0.15) is 6.29 Å². The maximum absolute atomic E-state index is 10.4. The SMILES string of the molecule is CC(=Nc1c(C(C)C)cccc1C(C)C)c1[c-]c(C(C)=Nc2c(C(C)C)cccc2C(C)C)ccc1.O=[C-]C(F)(F)F.[Rh+2]. The van der Waals surface area contributed by atoms with Crippen LogP contribution in [0.4, 0.5) is 24.5 Å². The second kappa shape index (κ2) is 16.8. The molecule has 0 saturated heterocycles. The first-order valence-electron chi connectivity index (χ1n) is 14.4. The molecular formula is C36H43F3N2ORh. The molecule has 0 aliphatic carbocycles. The van der Waals surface area contributed by atoms with E-state index in [-0.39, 0.29) is 25.8 Å². The zero-order chi connectivity index (χ0) is 31.8. The molecule has 0 fully saturated rings. The molecular weight excluding hydrogens is 636 g/mol. The molecule has 3 rings (SSSR count). The number of hydrogen-bond donors (Lipinski definition) is 0. The fraction of sp³-hybridized carbons (Fsp3) is 0.417. The summed E-state index contributed by atoms with van der Waals surface area (Å²) >= 11 is 0. The van der Waals surface area contributed by atoms with Crippen LogP contribution in [0.5, 0.6) is 0 Å². The zero-order valence-electron chi connectivity index (χ0n) is 26.8. The average Bonchev–Trinajstić information content (AvgIpc) is 2.92. The smallest absolute Gasteiger partial charge is 0.533 e. The molecule has 7 heteroatoms.